The minimum Gasteiger partial charge on any atom is -0.319 e. The summed E-state index contributed by atoms with van der Waals surface area (Å²) in [6.07, 6.45) is 6.96. The van der Waals surface area contributed by atoms with Crippen LogP contribution in [0.15, 0.2) is 6.20 Å². The van der Waals surface area contributed by atoms with Crippen LogP contribution in [0.2, 0.25) is 0 Å². The number of nitrogens with two attached hydrogens (primary N) is 1. The van der Waals surface area contributed by atoms with Gasteiger partial charge in [0.1, 0.15) is 0 Å². The quantitative estimate of drug-likeness (QED) is 0.721. The molecule has 1 aromatic rings. The molecule has 1 heterocycles. The van der Waals surface area contributed by atoms with Gasteiger partial charge in [-0.3, -0.25) is 4.79 Å². The molecule has 5 heteroatoms. The van der Waals surface area contributed by atoms with Crippen molar-refractivity contribution >= 4 is 22.4 Å². The van der Waals surface area contributed by atoms with Crippen LogP contribution in [0.25, 0.3) is 0 Å². The van der Waals surface area contributed by atoms with Gasteiger partial charge in [0, 0.05) is 17.5 Å². The first kappa shape index (κ1) is 10.7. The van der Waals surface area contributed by atoms with Gasteiger partial charge in [0.05, 0.1) is 6.04 Å². The fraction of sp³-hybridized carbons (Fsp3) is 0.333. The molecule has 0 aromatic carbocycles. The highest BCUT2D eigenvalue weighted by atomic mass is 32.1. The third-order valence-electron chi connectivity index (χ3n) is 1.53. The Balaban J connectivity index is 2.53. The molecule has 4 nitrogen and oxygen atoms in total. The molecule has 0 aliphatic carbocycles. The number of aromatic nitrogens is 1. The Morgan fingerprint density at radius 2 is 2.64 bits per heavy atom. The second kappa shape index (κ2) is 4.74. The van der Waals surface area contributed by atoms with E-state index in [9.17, 15) is 4.79 Å². The highest BCUT2D eigenvalue weighted by molar-refractivity contribution is 7.15. The second-order valence-electron chi connectivity index (χ2n) is 2.78. The molecule has 0 saturated carbocycles. The van der Waals surface area contributed by atoms with Gasteiger partial charge in [-0.05, 0) is 6.92 Å². The molecule has 1 aromatic heterocycles. The highest BCUT2D eigenvalue weighted by Crippen LogP contribution is 2.16. The monoisotopic (exact) mass is 209 g/mol. The van der Waals surface area contributed by atoms with E-state index in [1.165, 1.54) is 11.3 Å². The van der Waals surface area contributed by atoms with Gasteiger partial charge in [-0.1, -0.05) is 0 Å². The lowest BCUT2D eigenvalue weighted by Gasteiger charge is -2.06. The zero-order chi connectivity index (χ0) is 10.6. The lowest BCUT2D eigenvalue weighted by atomic mass is 10.2. The van der Waals surface area contributed by atoms with Crippen molar-refractivity contribution in [3.63, 3.8) is 0 Å². The van der Waals surface area contributed by atoms with Crippen LogP contribution in [-0.4, -0.2) is 16.9 Å². The van der Waals surface area contributed by atoms with Crippen LogP contribution in [0.4, 0.5) is 5.13 Å². The predicted molar refractivity (Wildman–Crippen MR) is 56.9 cm³/mol. The van der Waals surface area contributed by atoms with Crippen molar-refractivity contribution < 1.29 is 4.79 Å². The van der Waals surface area contributed by atoms with Crippen LogP contribution in [0.3, 0.4) is 0 Å². The summed E-state index contributed by atoms with van der Waals surface area (Å²) in [5.41, 5.74) is 5.50. The molecule has 14 heavy (non-hydrogen) atoms. The van der Waals surface area contributed by atoms with Gasteiger partial charge < -0.3 is 11.1 Å². The Morgan fingerprint density at radius 3 is 3.14 bits per heavy atom. The Hall–Kier alpha value is -1.38. The molecule has 3 N–H and O–H groups in total. The number of amides is 1. The summed E-state index contributed by atoms with van der Waals surface area (Å²) in [6.45, 7) is 1.91. The van der Waals surface area contributed by atoms with E-state index in [-0.39, 0.29) is 12.3 Å². The van der Waals surface area contributed by atoms with Crippen LogP contribution in [0, 0.1) is 19.3 Å². The van der Waals surface area contributed by atoms with Crippen LogP contribution in [0.1, 0.15) is 11.3 Å². The fourth-order valence-electron chi connectivity index (χ4n) is 0.830. The zero-order valence-corrected chi connectivity index (χ0v) is 8.60. The highest BCUT2D eigenvalue weighted by Gasteiger charge is 2.13. The third kappa shape index (κ3) is 2.83. The Labute approximate surface area is 86.5 Å². The maximum atomic E-state index is 11.3. The summed E-state index contributed by atoms with van der Waals surface area (Å²) in [7, 11) is 0. The number of rotatable bonds is 3. The van der Waals surface area contributed by atoms with Crippen LogP contribution < -0.4 is 11.1 Å². The molecule has 0 saturated heterocycles. The number of hydrogen-bond acceptors (Lipinski definition) is 4. The molecule has 0 aliphatic heterocycles. The first-order valence-electron chi connectivity index (χ1n) is 4.06. The number of nitrogens with zero attached hydrogens (tertiary/aromatic N) is 1. The van der Waals surface area contributed by atoms with Gasteiger partial charge in [0.2, 0.25) is 5.91 Å². The summed E-state index contributed by atoms with van der Waals surface area (Å²) in [5, 5.41) is 3.15. The zero-order valence-electron chi connectivity index (χ0n) is 7.78. The summed E-state index contributed by atoms with van der Waals surface area (Å²) in [4.78, 5) is 16.4. The standard InChI is InChI=1S/C9H11N3OS/c1-3-4-7(10)8(13)12-9-11-5-6(2)14-9/h1,5,7H,4,10H2,2H3,(H,11,12,13). The molecular formula is C9H11N3OS. The van der Waals surface area contributed by atoms with Gasteiger partial charge in [0.15, 0.2) is 5.13 Å². The molecule has 1 rings (SSSR count). The topological polar surface area (TPSA) is 68.0 Å². The van der Waals surface area contributed by atoms with E-state index in [2.05, 4.69) is 16.2 Å². The van der Waals surface area contributed by atoms with Crippen molar-refractivity contribution in [3.05, 3.63) is 11.1 Å². The number of aryl methyl sites for hydroxylation is 1. The molecule has 0 spiro atoms. The lowest BCUT2D eigenvalue weighted by molar-refractivity contribution is -0.117. The SMILES string of the molecule is C#CCC(N)C(=O)Nc1ncc(C)s1. The minimum absolute atomic E-state index is 0.232. The summed E-state index contributed by atoms with van der Waals surface area (Å²) >= 11 is 1.40. The number of carbonyl (C=O) groups excluding carboxylic acids is 1. The molecule has 1 unspecified atom stereocenters. The average Bonchev–Trinajstić information content (AvgIpc) is 2.51. The van der Waals surface area contributed by atoms with Crippen molar-refractivity contribution in [2.45, 2.75) is 19.4 Å². The number of carbonyl (C=O) groups is 1. The van der Waals surface area contributed by atoms with Crippen LogP contribution in [0.5, 0.6) is 0 Å². The molecule has 0 aliphatic rings. The number of anilines is 1. The third-order valence-corrected chi connectivity index (χ3v) is 2.35. The molecule has 1 atom stereocenters. The smallest absolute Gasteiger partial charge is 0.244 e. The van der Waals surface area contributed by atoms with Gasteiger partial charge in [-0.15, -0.1) is 23.7 Å². The molecular weight excluding hydrogens is 198 g/mol. The number of terminal acetylenes is 1. The van der Waals surface area contributed by atoms with Crippen LogP contribution in [-0.2, 0) is 4.79 Å². The van der Waals surface area contributed by atoms with E-state index in [0.717, 1.165) is 4.88 Å². The van der Waals surface area contributed by atoms with Crippen molar-refractivity contribution in [3.8, 4) is 12.3 Å². The number of thiazole rings is 1. The van der Waals surface area contributed by atoms with E-state index in [4.69, 9.17) is 12.2 Å². The summed E-state index contributed by atoms with van der Waals surface area (Å²) < 4.78 is 0. The van der Waals surface area contributed by atoms with E-state index < -0.39 is 6.04 Å². The second-order valence-corrected chi connectivity index (χ2v) is 4.01. The van der Waals surface area contributed by atoms with Crippen molar-refractivity contribution in [1.82, 2.24) is 4.98 Å². The summed E-state index contributed by atoms with van der Waals surface area (Å²) in [5.74, 6) is 2.04. The minimum atomic E-state index is -0.663. The van der Waals surface area contributed by atoms with E-state index >= 15 is 0 Å². The van der Waals surface area contributed by atoms with Crippen molar-refractivity contribution in [2.75, 3.05) is 5.32 Å². The van der Waals surface area contributed by atoms with Gasteiger partial charge in [0.25, 0.3) is 0 Å². The lowest BCUT2D eigenvalue weighted by Crippen LogP contribution is -2.35. The van der Waals surface area contributed by atoms with Crippen molar-refractivity contribution in [2.24, 2.45) is 5.73 Å². The molecule has 0 radical (unpaired) electrons. The maximum Gasteiger partial charge on any atom is 0.244 e. The summed E-state index contributed by atoms with van der Waals surface area (Å²) in [6, 6.07) is -0.663. The molecule has 0 fully saturated rings. The normalized spacial score (nSPS) is 11.8. The first-order chi connectivity index (χ1) is 6.63. The van der Waals surface area contributed by atoms with E-state index in [1.54, 1.807) is 6.20 Å². The first-order valence-corrected chi connectivity index (χ1v) is 4.87. The Bertz CT molecular complexity index is 366. The maximum absolute atomic E-state index is 11.3. The van der Waals surface area contributed by atoms with Crippen LogP contribution >= 0.6 is 11.3 Å². The average molecular weight is 209 g/mol. The fourth-order valence-corrected chi connectivity index (χ4v) is 1.50. The van der Waals surface area contributed by atoms with E-state index in [1.807, 2.05) is 6.92 Å². The number of hydrogen-bond donors (Lipinski definition) is 2. The van der Waals surface area contributed by atoms with Gasteiger partial charge in [-0.25, -0.2) is 4.98 Å². The Kier molecular flexibility index (Phi) is 3.63. The molecule has 1 amide bonds. The molecule has 0 bridgehead atoms. The van der Waals surface area contributed by atoms with Gasteiger partial charge >= 0.3 is 0 Å². The number of nitrogens with one attached hydrogen (secondary N) is 1. The van der Waals surface area contributed by atoms with Crippen molar-refractivity contribution in [1.29, 1.82) is 0 Å². The predicted octanol–water partition coefficient (Wildman–Crippen LogP) is 0.741. The largest absolute Gasteiger partial charge is 0.319 e. The van der Waals surface area contributed by atoms with E-state index in [0.29, 0.717) is 5.13 Å². The molecule has 74 valence electrons. The van der Waals surface area contributed by atoms with Gasteiger partial charge in [-0.2, -0.15) is 0 Å². The Morgan fingerprint density at radius 1 is 1.93 bits per heavy atom.